The highest BCUT2D eigenvalue weighted by Gasteiger charge is 2.06. The first-order valence-electron chi connectivity index (χ1n) is 6.63. The van der Waals surface area contributed by atoms with Crippen LogP contribution in [0.15, 0.2) is 54.6 Å². The summed E-state index contributed by atoms with van der Waals surface area (Å²) < 4.78 is 0. The third-order valence-corrected chi connectivity index (χ3v) is 3.23. The molecule has 0 bridgehead atoms. The molecule has 1 atom stereocenters. The van der Waals surface area contributed by atoms with E-state index in [9.17, 15) is 9.90 Å². The Morgan fingerprint density at radius 2 is 1.81 bits per heavy atom. The van der Waals surface area contributed by atoms with Crippen LogP contribution < -0.4 is 10.6 Å². The fourth-order valence-corrected chi connectivity index (χ4v) is 1.90. The van der Waals surface area contributed by atoms with Gasteiger partial charge in [-0.2, -0.15) is 0 Å². The molecule has 0 aliphatic rings. The van der Waals surface area contributed by atoms with E-state index in [-0.39, 0.29) is 11.8 Å². The zero-order valence-electron chi connectivity index (χ0n) is 11.4. The van der Waals surface area contributed by atoms with Crippen LogP contribution in [0.2, 0.25) is 0 Å². The van der Waals surface area contributed by atoms with Gasteiger partial charge in [-0.15, -0.1) is 11.6 Å². The van der Waals surface area contributed by atoms with Gasteiger partial charge in [-0.1, -0.05) is 24.3 Å². The summed E-state index contributed by atoms with van der Waals surface area (Å²) in [6.07, 6.45) is -0.603. The molecule has 0 radical (unpaired) electrons. The van der Waals surface area contributed by atoms with Crippen LogP contribution in [0.5, 0.6) is 0 Å². The van der Waals surface area contributed by atoms with Crippen LogP contribution in [0.4, 0.5) is 11.4 Å². The highest BCUT2D eigenvalue weighted by molar-refractivity contribution is 6.18. The highest BCUT2D eigenvalue weighted by Crippen LogP contribution is 2.16. The summed E-state index contributed by atoms with van der Waals surface area (Å²) in [5.41, 5.74) is 2.10. The van der Waals surface area contributed by atoms with Crippen LogP contribution in [0, 0.1) is 0 Å². The molecule has 21 heavy (non-hydrogen) atoms. The molecule has 1 amide bonds. The molecular weight excluding hydrogens is 288 g/mol. The number of aliphatic hydroxyl groups excluding tert-OH is 1. The lowest BCUT2D eigenvalue weighted by Crippen LogP contribution is -2.20. The number of carbonyl (C=O) groups is 1. The largest absolute Gasteiger partial charge is 0.390 e. The molecule has 0 saturated carbocycles. The molecule has 0 aromatic heterocycles. The van der Waals surface area contributed by atoms with Gasteiger partial charge in [-0.05, 0) is 30.3 Å². The Morgan fingerprint density at radius 1 is 1.10 bits per heavy atom. The lowest BCUT2D eigenvalue weighted by atomic mass is 10.2. The molecule has 0 fully saturated rings. The van der Waals surface area contributed by atoms with Crippen molar-refractivity contribution in [1.82, 2.24) is 0 Å². The minimum Gasteiger partial charge on any atom is -0.390 e. The Kier molecular flexibility index (Phi) is 5.60. The predicted octanol–water partition coefficient (Wildman–Crippen LogP) is 2.95. The van der Waals surface area contributed by atoms with Gasteiger partial charge in [0.2, 0.25) is 0 Å². The Bertz CT molecular complexity index is 590. The van der Waals surface area contributed by atoms with Crippen molar-refractivity contribution in [1.29, 1.82) is 0 Å². The van der Waals surface area contributed by atoms with Crippen molar-refractivity contribution in [2.45, 2.75) is 6.10 Å². The number of halogens is 1. The van der Waals surface area contributed by atoms with Crippen LogP contribution in [-0.4, -0.2) is 29.5 Å². The van der Waals surface area contributed by atoms with Gasteiger partial charge < -0.3 is 15.7 Å². The second kappa shape index (κ2) is 7.67. The van der Waals surface area contributed by atoms with Gasteiger partial charge in [-0.3, -0.25) is 4.79 Å². The Balaban J connectivity index is 1.99. The molecule has 0 saturated heterocycles. The number of hydrogen-bond acceptors (Lipinski definition) is 3. The van der Waals surface area contributed by atoms with Gasteiger partial charge in [0.15, 0.2) is 0 Å². The van der Waals surface area contributed by atoms with E-state index in [0.717, 1.165) is 5.69 Å². The Hall–Kier alpha value is -2.04. The number of anilines is 2. The number of benzene rings is 2. The SMILES string of the molecule is O=C(Nc1cccc(NCC(O)CCl)c1)c1ccccc1. The average Bonchev–Trinajstić information content (AvgIpc) is 2.53. The maximum Gasteiger partial charge on any atom is 0.255 e. The first-order chi connectivity index (χ1) is 10.2. The maximum atomic E-state index is 12.0. The van der Waals surface area contributed by atoms with Gasteiger partial charge in [0, 0.05) is 23.5 Å². The number of rotatable bonds is 6. The first-order valence-corrected chi connectivity index (χ1v) is 7.17. The van der Waals surface area contributed by atoms with Crippen molar-refractivity contribution < 1.29 is 9.90 Å². The van der Waals surface area contributed by atoms with Crippen molar-refractivity contribution >= 4 is 28.9 Å². The molecule has 0 heterocycles. The van der Waals surface area contributed by atoms with Crippen LogP contribution in [-0.2, 0) is 0 Å². The first kappa shape index (κ1) is 15.4. The molecule has 5 heteroatoms. The van der Waals surface area contributed by atoms with Gasteiger partial charge in [0.25, 0.3) is 5.91 Å². The number of amides is 1. The van der Waals surface area contributed by atoms with Crippen molar-refractivity contribution in [2.24, 2.45) is 0 Å². The molecular formula is C16H17ClN2O2. The number of aliphatic hydroxyl groups is 1. The zero-order valence-corrected chi connectivity index (χ0v) is 12.2. The molecule has 2 rings (SSSR count). The molecule has 4 nitrogen and oxygen atoms in total. The van der Waals surface area contributed by atoms with Gasteiger partial charge in [-0.25, -0.2) is 0 Å². The number of carbonyl (C=O) groups excluding carboxylic acids is 1. The van der Waals surface area contributed by atoms with E-state index in [1.165, 1.54) is 0 Å². The molecule has 3 N–H and O–H groups in total. The van der Waals surface area contributed by atoms with Crippen molar-refractivity contribution in [2.75, 3.05) is 23.1 Å². The standard InChI is InChI=1S/C16H17ClN2O2/c17-10-15(20)11-18-13-7-4-8-14(9-13)19-16(21)12-5-2-1-3-6-12/h1-9,15,18,20H,10-11H2,(H,19,21). The van der Waals surface area contributed by atoms with E-state index < -0.39 is 6.10 Å². The van der Waals surface area contributed by atoms with E-state index in [1.54, 1.807) is 12.1 Å². The summed E-state index contributed by atoms with van der Waals surface area (Å²) in [6.45, 7) is 0.361. The quantitative estimate of drug-likeness (QED) is 0.719. The maximum absolute atomic E-state index is 12.0. The fraction of sp³-hybridized carbons (Fsp3) is 0.188. The normalized spacial score (nSPS) is 11.7. The Morgan fingerprint density at radius 3 is 2.52 bits per heavy atom. The lowest BCUT2D eigenvalue weighted by molar-refractivity contribution is 0.102. The third kappa shape index (κ3) is 4.77. The molecule has 2 aromatic rings. The molecule has 0 spiro atoms. The number of nitrogens with one attached hydrogen (secondary N) is 2. The summed E-state index contributed by atoms with van der Waals surface area (Å²) in [5, 5.41) is 15.3. The van der Waals surface area contributed by atoms with Crippen molar-refractivity contribution in [3.05, 3.63) is 60.2 Å². The van der Waals surface area contributed by atoms with Gasteiger partial charge in [0.1, 0.15) is 0 Å². The summed E-state index contributed by atoms with van der Waals surface area (Å²) in [6, 6.07) is 16.3. The minimum absolute atomic E-state index is 0.159. The molecule has 0 aliphatic carbocycles. The lowest BCUT2D eigenvalue weighted by Gasteiger charge is -2.11. The third-order valence-electron chi connectivity index (χ3n) is 2.88. The van der Waals surface area contributed by atoms with Crippen LogP contribution in [0.3, 0.4) is 0 Å². The van der Waals surface area contributed by atoms with E-state index >= 15 is 0 Å². The minimum atomic E-state index is -0.603. The summed E-state index contributed by atoms with van der Waals surface area (Å²) >= 11 is 5.54. The predicted molar refractivity (Wildman–Crippen MR) is 86.1 cm³/mol. The average molecular weight is 305 g/mol. The van der Waals surface area contributed by atoms with E-state index in [2.05, 4.69) is 10.6 Å². The Labute approximate surface area is 128 Å². The van der Waals surface area contributed by atoms with E-state index in [0.29, 0.717) is 17.8 Å². The molecule has 2 aromatic carbocycles. The van der Waals surface area contributed by atoms with Crippen LogP contribution >= 0.6 is 11.6 Å². The summed E-state index contributed by atoms with van der Waals surface area (Å²) in [4.78, 5) is 12.0. The van der Waals surface area contributed by atoms with E-state index in [4.69, 9.17) is 11.6 Å². The number of alkyl halides is 1. The van der Waals surface area contributed by atoms with Crippen molar-refractivity contribution in [3.8, 4) is 0 Å². The topological polar surface area (TPSA) is 61.4 Å². The molecule has 0 aliphatic heterocycles. The fourth-order valence-electron chi connectivity index (χ4n) is 1.79. The van der Waals surface area contributed by atoms with Crippen LogP contribution in [0.25, 0.3) is 0 Å². The van der Waals surface area contributed by atoms with Crippen LogP contribution in [0.1, 0.15) is 10.4 Å². The molecule has 110 valence electrons. The van der Waals surface area contributed by atoms with Crippen molar-refractivity contribution in [3.63, 3.8) is 0 Å². The second-order valence-electron chi connectivity index (χ2n) is 4.59. The zero-order chi connectivity index (χ0) is 15.1. The van der Waals surface area contributed by atoms with Gasteiger partial charge in [0.05, 0.1) is 12.0 Å². The highest BCUT2D eigenvalue weighted by atomic mass is 35.5. The molecule has 1 unspecified atom stereocenters. The van der Waals surface area contributed by atoms with Gasteiger partial charge >= 0.3 is 0 Å². The smallest absolute Gasteiger partial charge is 0.255 e. The number of hydrogen-bond donors (Lipinski definition) is 3. The second-order valence-corrected chi connectivity index (χ2v) is 4.90. The summed E-state index contributed by atoms with van der Waals surface area (Å²) in [7, 11) is 0. The monoisotopic (exact) mass is 304 g/mol. The van der Waals surface area contributed by atoms with E-state index in [1.807, 2.05) is 42.5 Å². The summed E-state index contributed by atoms with van der Waals surface area (Å²) in [5.74, 6) is 0.0193.